The van der Waals surface area contributed by atoms with Crippen LogP contribution >= 0.6 is 0 Å². The van der Waals surface area contributed by atoms with Crippen molar-refractivity contribution >= 4 is 5.91 Å². The third-order valence-electron chi connectivity index (χ3n) is 6.12. The molecule has 0 spiro atoms. The fourth-order valence-electron chi connectivity index (χ4n) is 3.88. The van der Waals surface area contributed by atoms with E-state index in [4.69, 9.17) is 0 Å². The number of nitrogens with one attached hydrogen (secondary N) is 1. The van der Waals surface area contributed by atoms with Crippen LogP contribution in [0.15, 0.2) is 48.5 Å². The third kappa shape index (κ3) is 5.93. The van der Waals surface area contributed by atoms with E-state index in [9.17, 15) is 4.79 Å². The maximum atomic E-state index is 12.7. The molecular weight excluding hydrogens is 356 g/mol. The van der Waals surface area contributed by atoms with Crippen LogP contribution in [-0.4, -0.2) is 23.9 Å². The Labute approximate surface area is 176 Å². The lowest BCUT2D eigenvalue weighted by atomic mass is 9.86. The fraction of sp³-hybridized carbons (Fsp3) is 0.500. The van der Waals surface area contributed by atoms with Crippen LogP contribution in [0.1, 0.15) is 80.6 Å². The standard InChI is InChI=1S/C26H36N2O/c1-19-14-16-28(17-15-19)18-21-6-8-23(9-7-21)25(29)27-20(2)22-10-12-24(13-11-22)26(3,4)5/h6-13,19-20H,14-18H2,1-5H3,(H,27,29). The lowest BCUT2D eigenvalue weighted by Gasteiger charge is -2.30. The molecule has 2 aromatic rings. The Morgan fingerprint density at radius 1 is 1.03 bits per heavy atom. The van der Waals surface area contributed by atoms with Crippen LogP contribution in [0.5, 0.6) is 0 Å². The van der Waals surface area contributed by atoms with E-state index in [1.165, 1.54) is 37.1 Å². The first kappa shape index (κ1) is 21.6. The molecule has 1 unspecified atom stereocenters. The van der Waals surface area contributed by atoms with E-state index in [1.54, 1.807) is 0 Å². The number of hydrogen-bond donors (Lipinski definition) is 1. The quantitative estimate of drug-likeness (QED) is 0.707. The van der Waals surface area contributed by atoms with E-state index in [0.717, 1.165) is 23.6 Å². The minimum atomic E-state index is -0.0217. The zero-order valence-corrected chi connectivity index (χ0v) is 18.7. The summed E-state index contributed by atoms with van der Waals surface area (Å²) in [6, 6.07) is 16.6. The van der Waals surface area contributed by atoms with E-state index >= 15 is 0 Å². The third-order valence-corrected chi connectivity index (χ3v) is 6.12. The Bertz CT molecular complexity index is 794. The summed E-state index contributed by atoms with van der Waals surface area (Å²) in [6.07, 6.45) is 2.57. The zero-order valence-electron chi connectivity index (χ0n) is 18.7. The van der Waals surface area contributed by atoms with Gasteiger partial charge in [-0.2, -0.15) is 0 Å². The van der Waals surface area contributed by atoms with Crippen molar-refractivity contribution in [2.24, 2.45) is 5.92 Å². The number of piperidine rings is 1. The Hall–Kier alpha value is -2.13. The first-order valence-electron chi connectivity index (χ1n) is 10.9. The molecule has 0 aliphatic carbocycles. The summed E-state index contributed by atoms with van der Waals surface area (Å²) in [5.41, 5.74) is 4.57. The predicted octanol–water partition coefficient (Wildman–Crippen LogP) is 5.71. The zero-order chi connectivity index (χ0) is 21.0. The van der Waals surface area contributed by atoms with Gasteiger partial charge in [0, 0.05) is 12.1 Å². The number of likely N-dealkylation sites (tertiary alicyclic amines) is 1. The van der Waals surface area contributed by atoms with Gasteiger partial charge in [0.15, 0.2) is 0 Å². The van der Waals surface area contributed by atoms with Crippen molar-refractivity contribution in [3.05, 3.63) is 70.8 Å². The summed E-state index contributed by atoms with van der Waals surface area (Å²) < 4.78 is 0. The van der Waals surface area contributed by atoms with Crippen LogP contribution in [-0.2, 0) is 12.0 Å². The van der Waals surface area contributed by atoms with Gasteiger partial charge in [-0.3, -0.25) is 9.69 Å². The molecule has 1 aliphatic heterocycles. The Morgan fingerprint density at radius 3 is 2.17 bits per heavy atom. The lowest BCUT2D eigenvalue weighted by Crippen LogP contribution is -2.32. The molecule has 1 saturated heterocycles. The van der Waals surface area contributed by atoms with Crippen molar-refractivity contribution in [2.45, 2.75) is 65.5 Å². The van der Waals surface area contributed by atoms with Crippen LogP contribution in [0.3, 0.4) is 0 Å². The van der Waals surface area contributed by atoms with Crippen LogP contribution < -0.4 is 5.32 Å². The molecule has 3 rings (SSSR count). The number of hydrogen-bond acceptors (Lipinski definition) is 2. The van der Waals surface area contributed by atoms with Gasteiger partial charge in [-0.15, -0.1) is 0 Å². The summed E-state index contributed by atoms with van der Waals surface area (Å²) in [5.74, 6) is 0.833. The Kier molecular flexibility index (Phi) is 6.79. The lowest BCUT2D eigenvalue weighted by molar-refractivity contribution is 0.0940. The van der Waals surface area contributed by atoms with E-state index in [1.807, 2.05) is 19.1 Å². The summed E-state index contributed by atoms with van der Waals surface area (Å²) in [4.78, 5) is 15.2. The molecule has 156 valence electrons. The van der Waals surface area contributed by atoms with Gasteiger partial charge in [-0.25, -0.2) is 0 Å². The first-order valence-corrected chi connectivity index (χ1v) is 10.9. The minimum absolute atomic E-state index is 0.0178. The highest BCUT2D eigenvalue weighted by Crippen LogP contribution is 2.24. The van der Waals surface area contributed by atoms with Crippen LogP contribution in [0.25, 0.3) is 0 Å². The molecular formula is C26H36N2O. The Morgan fingerprint density at radius 2 is 1.62 bits per heavy atom. The summed E-state index contributed by atoms with van der Waals surface area (Å²) in [7, 11) is 0. The smallest absolute Gasteiger partial charge is 0.251 e. The first-order chi connectivity index (χ1) is 13.7. The molecule has 0 bridgehead atoms. The van der Waals surface area contributed by atoms with Gasteiger partial charge in [0.05, 0.1) is 6.04 Å². The van der Waals surface area contributed by atoms with Gasteiger partial charge in [-0.1, -0.05) is 64.1 Å². The van der Waals surface area contributed by atoms with Gasteiger partial charge >= 0.3 is 0 Å². The van der Waals surface area contributed by atoms with Crippen molar-refractivity contribution in [1.82, 2.24) is 10.2 Å². The highest BCUT2D eigenvalue weighted by Gasteiger charge is 2.17. The summed E-state index contributed by atoms with van der Waals surface area (Å²) in [6.45, 7) is 14.3. The van der Waals surface area contributed by atoms with Gasteiger partial charge in [-0.05, 0) is 73.0 Å². The molecule has 1 aliphatic rings. The molecule has 1 heterocycles. The summed E-state index contributed by atoms with van der Waals surface area (Å²) >= 11 is 0. The van der Waals surface area contributed by atoms with Crippen LogP contribution in [0.4, 0.5) is 0 Å². The molecule has 3 nitrogen and oxygen atoms in total. The average Bonchev–Trinajstić information content (AvgIpc) is 2.69. The van der Waals surface area contributed by atoms with E-state index in [2.05, 4.69) is 74.3 Å². The molecule has 1 fully saturated rings. The number of benzene rings is 2. The number of rotatable bonds is 5. The molecule has 29 heavy (non-hydrogen) atoms. The number of carbonyl (C=O) groups excluding carboxylic acids is 1. The van der Waals surface area contributed by atoms with Crippen molar-refractivity contribution in [2.75, 3.05) is 13.1 Å². The summed E-state index contributed by atoms with van der Waals surface area (Å²) in [5, 5.41) is 3.13. The van der Waals surface area contributed by atoms with Crippen LogP contribution in [0, 0.1) is 5.92 Å². The van der Waals surface area contributed by atoms with Crippen LogP contribution in [0.2, 0.25) is 0 Å². The highest BCUT2D eigenvalue weighted by molar-refractivity contribution is 5.94. The number of carbonyl (C=O) groups is 1. The Balaban J connectivity index is 1.56. The number of amides is 1. The van der Waals surface area contributed by atoms with E-state index < -0.39 is 0 Å². The second-order valence-electron chi connectivity index (χ2n) is 9.72. The topological polar surface area (TPSA) is 32.3 Å². The second kappa shape index (κ2) is 9.13. The molecule has 1 amide bonds. The maximum Gasteiger partial charge on any atom is 0.251 e. The van der Waals surface area contributed by atoms with E-state index in [0.29, 0.717) is 0 Å². The predicted molar refractivity (Wildman–Crippen MR) is 121 cm³/mol. The molecule has 0 aromatic heterocycles. The van der Waals surface area contributed by atoms with E-state index in [-0.39, 0.29) is 17.4 Å². The SMILES string of the molecule is CC1CCN(Cc2ccc(C(=O)NC(C)c3ccc(C(C)(C)C)cc3)cc2)CC1. The molecule has 1 N–H and O–H groups in total. The van der Waals surface area contributed by atoms with Crippen molar-refractivity contribution in [3.8, 4) is 0 Å². The molecule has 3 heteroatoms. The normalized spacial score (nSPS) is 17.1. The van der Waals surface area contributed by atoms with Gasteiger partial charge in [0.2, 0.25) is 0 Å². The van der Waals surface area contributed by atoms with Gasteiger partial charge in [0.1, 0.15) is 0 Å². The fourth-order valence-corrected chi connectivity index (χ4v) is 3.88. The second-order valence-corrected chi connectivity index (χ2v) is 9.72. The molecule has 2 aromatic carbocycles. The highest BCUT2D eigenvalue weighted by atomic mass is 16.1. The van der Waals surface area contributed by atoms with Crippen molar-refractivity contribution in [1.29, 1.82) is 0 Å². The van der Waals surface area contributed by atoms with Gasteiger partial charge in [0.25, 0.3) is 5.91 Å². The van der Waals surface area contributed by atoms with Gasteiger partial charge < -0.3 is 5.32 Å². The molecule has 1 atom stereocenters. The molecule has 0 radical (unpaired) electrons. The maximum absolute atomic E-state index is 12.7. The number of nitrogens with zero attached hydrogens (tertiary/aromatic N) is 1. The average molecular weight is 393 g/mol. The van der Waals surface area contributed by atoms with Crippen molar-refractivity contribution in [3.63, 3.8) is 0 Å². The largest absolute Gasteiger partial charge is 0.346 e. The monoisotopic (exact) mass is 392 g/mol. The van der Waals surface area contributed by atoms with Crippen molar-refractivity contribution < 1.29 is 4.79 Å². The minimum Gasteiger partial charge on any atom is -0.346 e. The molecule has 0 saturated carbocycles.